The molecule has 4 atom stereocenters. The number of pyridine rings is 1. The maximum atomic E-state index is 14.6. The average molecular weight is 576 g/mol. The average Bonchev–Trinajstić information content (AvgIpc) is 3.45. The third kappa shape index (κ3) is 3.32. The van der Waals surface area contributed by atoms with Crippen molar-refractivity contribution in [1.82, 2.24) is 4.98 Å². The summed E-state index contributed by atoms with van der Waals surface area (Å²) in [7, 11) is 0. The summed E-state index contributed by atoms with van der Waals surface area (Å²) in [5.74, 6) is -1.79. The number of amides is 1. The highest BCUT2D eigenvalue weighted by atomic mass is 79.9. The van der Waals surface area contributed by atoms with Gasteiger partial charge in [-0.1, -0.05) is 76.6 Å². The molecular weight excluding hydrogens is 554 g/mol. The van der Waals surface area contributed by atoms with E-state index in [1.807, 2.05) is 77.7 Å². The molecule has 39 heavy (non-hydrogen) atoms. The number of benzene rings is 3. The van der Waals surface area contributed by atoms with Crippen LogP contribution in [0.5, 0.6) is 0 Å². The number of carbonyl (C=O) groups excluding carboxylic acids is 3. The summed E-state index contributed by atoms with van der Waals surface area (Å²) in [6.07, 6.45) is 7.08. The molecule has 1 spiro atoms. The van der Waals surface area contributed by atoms with E-state index in [1.165, 1.54) is 6.20 Å². The number of fused-ring (bicyclic) bond motifs is 6. The van der Waals surface area contributed by atoms with E-state index < -0.39 is 23.4 Å². The van der Waals surface area contributed by atoms with Gasteiger partial charge in [-0.3, -0.25) is 19.4 Å². The second kappa shape index (κ2) is 8.85. The number of hydrogen-bond acceptors (Lipinski definition) is 5. The van der Waals surface area contributed by atoms with E-state index >= 15 is 0 Å². The highest BCUT2D eigenvalue weighted by molar-refractivity contribution is 9.10. The summed E-state index contributed by atoms with van der Waals surface area (Å²) in [4.78, 5) is 49.6. The number of aromatic nitrogens is 1. The first-order valence-corrected chi connectivity index (χ1v) is 13.5. The van der Waals surface area contributed by atoms with Crippen molar-refractivity contribution in [2.45, 2.75) is 17.5 Å². The molecule has 1 unspecified atom stereocenters. The number of nitrogens with one attached hydrogen (secondary N) is 1. The minimum absolute atomic E-state index is 0.214. The predicted octanol–water partition coefficient (Wildman–Crippen LogP) is 5.70. The van der Waals surface area contributed by atoms with Gasteiger partial charge in [0.05, 0.1) is 12.0 Å². The molecule has 0 radical (unpaired) electrons. The van der Waals surface area contributed by atoms with Crippen LogP contribution in [-0.2, 0) is 10.2 Å². The highest BCUT2D eigenvalue weighted by Crippen LogP contribution is 2.58. The Labute approximate surface area is 233 Å². The Morgan fingerprint density at radius 3 is 2.44 bits per heavy atom. The predicted molar refractivity (Wildman–Crippen MR) is 153 cm³/mol. The van der Waals surface area contributed by atoms with E-state index in [2.05, 4.69) is 26.2 Å². The monoisotopic (exact) mass is 575 g/mol. The smallest absolute Gasteiger partial charge is 0.238 e. The highest BCUT2D eigenvalue weighted by Gasteiger charge is 2.70. The summed E-state index contributed by atoms with van der Waals surface area (Å²) < 4.78 is 0.846. The van der Waals surface area contributed by atoms with Crippen molar-refractivity contribution < 1.29 is 14.4 Å². The van der Waals surface area contributed by atoms with Crippen LogP contribution in [0.15, 0.2) is 108 Å². The molecule has 1 N–H and O–H groups in total. The Hall–Kier alpha value is -4.36. The molecule has 7 heteroatoms. The van der Waals surface area contributed by atoms with Crippen LogP contribution in [0, 0.1) is 5.92 Å². The van der Waals surface area contributed by atoms with Gasteiger partial charge in [0.1, 0.15) is 11.5 Å². The first-order chi connectivity index (χ1) is 19.0. The van der Waals surface area contributed by atoms with Gasteiger partial charge in [-0.25, -0.2) is 0 Å². The molecule has 0 aliphatic carbocycles. The first-order valence-electron chi connectivity index (χ1n) is 12.7. The van der Waals surface area contributed by atoms with Crippen molar-refractivity contribution in [3.05, 3.63) is 130 Å². The third-order valence-corrected chi connectivity index (χ3v) is 8.70. The van der Waals surface area contributed by atoms with Gasteiger partial charge in [-0.15, -0.1) is 0 Å². The van der Waals surface area contributed by atoms with Gasteiger partial charge in [0.2, 0.25) is 5.91 Å². The SMILES string of the molecule is O=C(c1cccnc1)[C@@H]1[C@H](C(=O)c2ccc(Br)cc2)N2c3ccccc3C=CC2[C@@]12C(=O)Nc1ccccc12. The third-order valence-electron chi connectivity index (χ3n) is 8.17. The topological polar surface area (TPSA) is 79.4 Å². The van der Waals surface area contributed by atoms with Gasteiger partial charge in [0, 0.05) is 39.4 Å². The lowest BCUT2D eigenvalue weighted by molar-refractivity contribution is -0.121. The lowest BCUT2D eigenvalue weighted by atomic mass is 9.64. The molecule has 6 nitrogen and oxygen atoms in total. The molecule has 4 aromatic rings. The number of anilines is 2. The molecule has 3 aromatic carbocycles. The number of rotatable bonds is 4. The van der Waals surface area contributed by atoms with Crippen LogP contribution in [0.1, 0.15) is 31.8 Å². The molecular formula is C32H22BrN3O3. The molecule has 4 heterocycles. The number of ketones is 2. The van der Waals surface area contributed by atoms with Gasteiger partial charge in [-0.05, 0) is 47.5 Å². The molecule has 1 amide bonds. The molecule has 1 aromatic heterocycles. The second-order valence-electron chi connectivity index (χ2n) is 10.0. The van der Waals surface area contributed by atoms with E-state index in [0.29, 0.717) is 16.8 Å². The van der Waals surface area contributed by atoms with Crippen LogP contribution in [0.2, 0.25) is 0 Å². The first kappa shape index (κ1) is 23.7. The lowest BCUT2D eigenvalue weighted by Gasteiger charge is -2.37. The van der Waals surface area contributed by atoms with Crippen LogP contribution in [0.25, 0.3) is 6.08 Å². The lowest BCUT2D eigenvalue weighted by Crippen LogP contribution is -2.51. The van der Waals surface area contributed by atoms with Crippen molar-refractivity contribution in [1.29, 1.82) is 0 Å². The van der Waals surface area contributed by atoms with Crippen LogP contribution in [0.4, 0.5) is 11.4 Å². The van der Waals surface area contributed by atoms with E-state index in [9.17, 15) is 14.4 Å². The Bertz CT molecular complexity index is 1680. The Kier molecular flexibility index (Phi) is 5.39. The fourth-order valence-electron chi connectivity index (χ4n) is 6.59. The minimum atomic E-state index is -1.33. The Morgan fingerprint density at radius 1 is 0.872 bits per heavy atom. The maximum absolute atomic E-state index is 14.6. The molecule has 3 aliphatic heterocycles. The summed E-state index contributed by atoms with van der Waals surface area (Å²) in [5, 5.41) is 3.05. The van der Waals surface area contributed by atoms with E-state index in [1.54, 1.807) is 30.5 Å². The Balaban J connectivity index is 1.54. The van der Waals surface area contributed by atoms with Crippen LogP contribution in [-0.4, -0.2) is 34.5 Å². The quantitative estimate of drug-likeness (QED) is 0.316. The minimum Gasteiger partial charge on any atom is -0.352 e. The number of Topliss-reactive ketones (excluding diaryl/α,β-unsaturated/α-hetero) is 2. The zero-order valence-corrected chi connectivity index (χ0v) is 22.2. The summed E-state index contributed by atoms with van der Waals surface area (Å²) in [6.45, 7) is 0. The zero-order chi connectivity index (χ0) is 26.7. The fraction of sp³-hybridized carbons (Fsp3) is 0.125. The summed E-state index contributed by atoms with van der Waals surface area (Å²) in [5.41, 5.74) is 2.64. The normalized spacial score (nSPS) is 24.2. The number of nitrogens with zero attached hydrogens (tertiary/aromatic N) is 2. The van der Waals surface area contributed by atoms with Gasteiger partial charge < -0.3 is 10.2 Å². The van der Waals surface area contributed by atoms with E-state index in [-0.39, 0.29) is 17.5 Å². The zero-order valence-electron chi connectivity index (χ0n) is 20.6. The second-order valence-corrected chi connectivity index (χ2v) is 11.0. The summed E-state index contributed by atoms with van der Waals surface area (Å²) in [6, 6.07) is 24.3. The number of para-hydroxylation sites is 2. The standard InChI is InChI=1S/C32H22BrN3O3/c33-22-14-11-20(12-15-22)30(38)28-27(29(37)21-7-5-17-34-18-21)32(23-8-2-3-9-24(23)35-31(32)39)26-16-13-19-6-1-4-10-25(19)36(26)28/h1-18,26-28H,(H,35,39)/t26?,27-,28+,32+/m0/s1. The van der Waals surface area contributed by atoms with Gasteiger partial charge in [0.15, 0.2) is 11.6 Å². The van der Waals surface area contributed by atoms with Gasteiger partial charge >= 0.3 is 0 Å². The fourth-order valence-corrected chi connectivity index (χ4v) is 6.86. The van der Waals surface area contributed by atoms with Crippen molar-refractivity contribution >= 4 is 50.9 Å². The Morgan fingerprint density at radius 2 is 1.64 bits per heavy atom. The number of halogens is 1. The summed E-state index contributed by atoms with van der Waals surface area (Å²) >= 11 is 3.45. The molecule has 1 fully saturated rings. The maximum Gasteiger partial charge on any atom is 0.238 e. The van der Waals surface area contributed by atoms with Crippen LogP contribution < -0.4 is 10.2 Å². The molecule has 1 saturated heterocycles. The molecule has 3 aliphatic rings. The molecule has 0 bridgehead atoms. The van der Waals surface area contributed by atoms with Crippen molar-refractivity contribution in [3.8, 4) is 0 Å². The van der Waals surface area contributed by atoms with Crippen LogP contribution in [0.3, 0.4) is 0 Å². The van der Waals surface area contributed by atoms with Gasteiger partial charge in [0.25, 0.3) is 0 Å². The van der Waals surface area contributed by atoms with Gasteiger partial charge in [-0.2, -0.15) is 0 Å². The largest absolute Gasteiger partial charge is 0.352 e. The van der Waals surface area contributed by atoms with Crippen molar-refractivity contribution in [3.63, 3.8) is 0 Å². The molecule has 190 valence electrons. The van der Waals surface area contributed by atoms with Crippen molar-refractivity contribution in [2.24, 2.45) is 5.92 Å². The molecule has 0 saturated carbocycles. The number of hydrogen-bond donors (Lipinski definition) is 1. The number of carbonyl (C=O) groups is 3. The van der Waals surface area contributed by atoms with Crippen LogP contribution >= 0.6 is 15.9 Å². The van der Waals surface area contributed by atoms with E-state index in [0.717, 1.165) is 21.3 Å². The molecule has 7 rings (SSSR count). The van der Waals surface area contributed by atoms with E-state index in [4.69, 9.17) is 0 Å². The van der Waals surface area contributed by atoms with Crippen molar-refractivity contribution in [2.75, 3.05) is 10.2 Å².